The van der Waals surface area contributed by atoms with Crippen LogP contribution in [0.25, 0.3) is 0 Å². The van der Waals surface area contributed by atoms with Crippen molar-refractivity contribution in [2.45, 2.75) is 13.8 Å². The molecule has 2 aromatic carbocycles. The van der Waals surface area contributed by atoms with Crippen LogP contribution in [0.5, 0.6) is 5.75 Å². The highest BCUT2D eigenvalue weighted by atomic mass is 16.4. The van der Waals surface area contributed by atoms with Gasteiger partial charge in [-0.05, 0) is 66.9 Å². The molecule has 0 saturated heterocycles. The predicted octanol–water partition coefficient (Wildman–Crippen LogP) is 3.15. The highest BCUT2D eigenvalue weighted by Gasteiger charge is 2.02. The summed E-state index contributed by atoms with van der Waals surface area (Å²) < 4.78 is 0. The first kappa shape index (κ1) is 14.6. The van der Waals surface area contributed by atoms with Crippen LogP contribution in [0.4, 0.5) is 5.69 Å². The number of aromatic carboxylic acids is 1. The van der Waals surface area contributed by atoms with E-state index >= 15 is 0 Å². The second-order valence-corrected chi connectivity index (χ2v) is 4.76. The summed E-state index contributed by atoms with van der Waals surface area (Å²) in [4.78, 5) is 10.7. The molecule has 0 bridgehead atoms. The van der Waals surface area contributed by atoms with Gasteiger partial charge in [0.25, 0.3) is 0 Å². The smallest absolute Gasteiger partial charge is 0.335 e. The van der Waals surface area contributed by atoms with Gasteiger partial charge in [-0.3, -0.25) is 5.43 Å². The minimum Gasteiger partial charge on any atom is -0.507 e. The van der Waals surface area contributed by atoms with Crippen LogP contribution in [0.3, 0.4) is 0 Å². The molecule has 3 N–H and O–H groups in total. The molecule has 0 aromatic heterocycles. The monoisotopic (exact) mass is 284 g/mol. The Kier molecular flexibility index (Phi) is 4.23. The molecule has 0 radical (unpaired) electrons. The zero-order valence-corrected chi connectivity index (χ0v) is 11.8. The Balaban J connectivity index is 2.07. The third-order valence-electron chi connectivity index (χ3n) is 3.05. The van der Waals surface area contributed by atoms with Gasteiger partial charge in [0.15, 0.2) is 0 Å². The van der Waals surface area contributed by atoms with Gasteiger partial charge in [-0.1, -0.05) is 0 Å². The molecule has 108 valence electrons. The highest BCUT2D eigenvalue weighted by Crippen LogP contribution is 2.22. The zero-order chi connectivity index (χ0) is 15.4. The summed E-state index contributed by atoms with van der Waals surface area (Å²) in [7, 11) is 0. The number of phenols is 1. The van der Waals surface area contributed by atoms with Crippen molar-refractivity contribution in [3.8, 4) is 5.75 Å². The van der Waals surface area contributed by atoms with Gasteiger partial charge in [-0.2, -0.15) is 5.10 Å². The number of hydrazone groups is 1. The summed E-state index contributed by atoms with van der Waals surface area (Å²) in [5.41, 5.74) is 6.22. The van der Waals surface area contributed by atoms with Gasteiger partial charge in [0.05, 0.1) is 17.5 Å². The lowest BCUT2D eigenvalue weighted by molar-refractivity contribution is 0.0697. The number of benzene rings is 2. The minimum atomic E-state index is -0.958. The molecule has 0 spiro atoms. The predicted molar refractivity (Wildman–Crippen MR) is 82.2 cm³/mol. The van der Waals surface area contributed by atoms with E-state index in [9.17, 15) is 9.90 Å². The maximum atomic E-state index is 10.7. The van der Waals surface area contributed by atoms with Crippen molar-refractivity contribution >= 4 is 17.9 Å². The van der Waals surface area contributed by atoms with Gasteiger partial charge < -0.3 is 10.2 Å². The lowest BCUT2D eigenvalue weighted by atomic mass is 10.1. The van der Waals surface area contributed by atoms with Gasteiger partial charge in [-0.25, -0.2) is 4.79 Å². The Labute approximate surface area is 122 Å². The van der Waals surface area contributed by atoms with E-state index in [2.05, 4.69) is 10.5 Å². The molecule has 0 unspecified atom stereocenters. The molecular formula is C16H16N2O3. The Bertz CT molecular complexity index is 668. The van der Waals surface area contributed by atoms with Crippen molar-refractivity contribution < 1.29 is 15.0 Å². The van der Waals surface area contributed by atoms with Crippen molar-refractivity contribution in [2.24, 2.45) is 5.10 Å². The van der Waals surface area contributed by atoms with Crippen LogP contribution in [-0.2, 0) is 0 Å². The second kappa shape index (κ2) is 6.09. The maximum Gasteiger partial charge on any atom is 0.335 e. The van der Waals surface area contributed by atoms with E-state index in [1.165, 1.54) is 12.1 Å². The average Bonchev–Trinajstić information content (AvgIpc) is 2.45. The van der Waals surface area contributed by atoms with Gasteiger partial charge in [0, 0.05) is 0 Å². The molecule has 0 aliphatic rings. The van der Waals surface area contributed by atoms with Crippen molar-refractivity contribution in [3.05, 3.63) is 58.7 Å². The first-order chi connectivity index (χ1) is 9.97. The molecule has 0 saturated carbocycles. The van der Waals surface area contributed by atoms with Crippen molar-refractivity contribution in [3.63, 3.8) is 0 Å². The van der Waals surface area contributed by atoms with Gasteiger partial charge in [-0.15, -0.1) is 0 Å². The zero-order valence-electron chi connectivity index (χ0n) is 11.8. The van der Waals surface area contributed by atoms with Crippen molar-refractivity contribution in [1.82, 2.24) is 0 Å². The van der Waals surface area contributed by atoms with Crippen LogP contribution in [0.15, 0.2) is 41.5 Å². The molecule has 0 atom stereocenters. The number of nitrogens with one attached hydrogen (secondary N) is 1. The first-order valence-electron chi connectivity index (χ1n) is 6.40. The second-order valence-electron chi connectivity index (χ2n) is 4.76. The number of hydrogen-bond acceptors (Lipinski definition) is 4. The fourth-order valence-electron chi connectivity index (χ4n) is 1.93. The number of hydrogen-bond donors (Lipinski definition) is 3. The summed E-state index contributed by atoms with van der Waals surface area (Å²) >= 11 is 0. The molecule has 21 heavy (non-hydrogen) atoms. The highest BCUT2D eigenvalue weighted by molar-refractivity contribution is 5.88. The van der Waals surface area contributed by atoms with Crippen LogP contribution >= 0.6 is 0 Å². The van der Waals surface area contributed by atoms with E-state index in [0.29, 0.717) is 11.4 Å². The summed E-state index contributed by atoms with van der Waals surface area (Å²) in [6.07, 6.45) is 1.64. The van der Waals surface area contributed by atoms with Gasteiger partial charge >= 0.3 is 5.97 Å². The lowest BCUT2D eigenvalue weighted by Crippen LogP contribution is -1.96. The van der Waals surface area contributed by atoms with Crippen LogP contribution in [0.2, 0.25) is 0 Å². The largest absolute Gasteiger partial charge is 0.507 e. The number of carbonyl (C=O) groups is 1. The maximum absolute atomic E-state index is 10.7. The molecular weight excluding hydrogens is 268 g/mol. The summed E-state index contributed by atoms with van der Waals surface area (Å²) in [5, 5.41) is 22.6. The molecule has 0 amide bonds. The van der Waals surface area contributed by atoms with E-state index in [0.717, 1.165) is 16.7 Å². The van der Waals surface area contributed by atoms with E-state index in [1.807, 2.05) is 26.0 Å². The fraction of sp³-hybridized carbons (Fsp3) is 0.125. The Morgan fingerprint density at radius 2 is 1.71 bits per heavy atom. The molecule has 5 heteroatoms. The third kappa shape index (κ3) is 3.60. The van der Waals surface area contributed by atoms with E-state index in [-0.39, 0.29) is 5.56 Å². The van der Waals surface area contributed by atoms with Crippen LogP contribution in [0.1, 0.15) is 27.0 Å². The van der Waals surface area contributed by atoms with Crippen LogP contribution in [0, 0.1) is 13.8 Å². The number of carboxylic acid groups (broad SMARTS) is 1. The van der Waals surface area contributed by atoms with Gasteiger partial charge in [0.1, 0.15) is 5.75 Å². The number of rotatable bonds is 4. The quantitative estimate of drug-likeness (QED) is 0.595. The SMILES string of the molecule is Cc1cc(/C=N/Nc2ccc(C(=O)O)cc2)cc(C)c1O. The normalized spacial score (nSPS) is 10.8. The molecule has 0 heterocycles. The Hall–Kier alpha value is -2.82. The lowest BCUT2D eigenvalue weighted by Gasteiger charge is -2.05. The third-order valence-corrected chi connectivity index (χ3v) is 3.05. The molecule has 2 rings (SSSR count). The van der Waals surface area contributed by atoms with Gasteiger partial charge in [0.2, 0.25) is 0 Å². The standard InChI is InChI=1S/C16H16N2O3/c1-10-7-12(8-11(2)15(10)19)9-17-18-14-5-3-13(4-6-14)16(20)21/h3-9,18-19H,1-2H3,(H,20,21)/b17-9+. The number of nitrogens with zero attached hydrogens (tertiary/aromatic N) is 1. The minimum absolute atomic E-state index is 0.231. The first-order valence-corrected chi connectivity index (χ1v) is 6.40. The molecule has 0 fully saturated rings. The topological polar surface area (TPSA) is 81.9 Å². The van der Waals surface area contributed by atoms with E-state index in [1.54, 1.807) is 18.3 Å². The average molecular weight is 284 g/mol. The Morgan fingerprint density at radius 1 is 1.14 bits per heavy atom. The molecule has 2 aromatic rings. The summed E-state index contributed by atoms with van der Waals surface area (Å²) in [6, 6.07) is 9.98. The van der Waals surface area contributed by atoms with E-state index < -0.39 is 5.97 Å². The summed E-state index contributed by atoms with van der Waals surface area (Å²) in [6.45, 7) is 3.66. The fourth-order valence-corrected chi connectivity index (χ4v) is 1.93. The number of anilines is 1. The number of aryl methyl sites for hydroxylation is 2. The number of phenolic OH excluding ortho intramolecular Hbond substituents is 1. The Morgan fingerprint density at radius 3 is 2.24 bits per heavy atom. The summed E-state index contributed by atoms with van der Waals surface area (Å²) in [5.74, 6) is -0.663. The van der Waals surface area contributed by atoms with Crippen LogP contribution < -0.4 is 5.43 Å². The van der Waals surface area contributed by atoms with E-state index in [4.69, 9.17) is 5.11 Å². The molecule has 0 aliphatic heterocycles. The number of carboxylic acids is 1. The molecule has 0 aliphatic carbocycles. The van der Waals surface area contributed by atoms with Crippen molar-refractivity contribution in [1.29, 1.82) is 0 Å². The van der Waals surface area contributed by atoms with Crippen LogP contribution in [-0.4, -0.2) is 22.4 Å². The molecule has 5 nitrogen and oxygen atoms in total. The van der Waals surface area contributed by atoms with Crippen molar-refractivity contribution in [2.75, 3.05) is 5.43 Å². The number of aromatic hydroxyl groups is 1.